The Hall–Kier alpha value is -3.09. The lowest BCUT2D eigenvalue weighted by molar-refractivity contribution is 0.561. The van der Waals surface area contributed by atoms with E-state index in [0.717, 1.165) is 11.3 Å². The van der Waals surface area contributed by atoms with E-state index in [9.17, 15) is 9.59 Å². The maximum Gasteiger partial charge on any atom is 0.332 e. The van der Waals surface area contributed by atoms with Crippen LogP contribution in [-0.4, -0.2) is 18.5 Å². The van der Waals surface area contributed by atoms with Crippen LogP contribution in [0.4, 0.5) is 0 Å². The summed E-state index contributed by atoms with van der Waals surface area (Å²) in [6.45, 7) is 3.89. The molecule has 0 unspecified atom stereocenters. The Bertz CT molecular complexity index is 1190. The van der Waals surface area contributed by atoms with E-state index in [4.69, 9.17) is 4.42 Å². The van der Waals surface area contributed by atoms with Gasteiger partial charge in [0, 0.05) is 7.05 Å². The van der Waals surface area contributed by atoms with Gasteiger partial charge in [-0.3, -0.25) is 18.3 Å². The molecule has 0 amide bonds. The third-order valence-electron chi connectivity index (χ3n) is 4.38. The van der Waals surface area contributed by atoms with Gasteiger partial charge in [0.1, 0.15) is 5.76 Å². The van der Waals surface area contributed by atoms with Crippen molar-refractivity contribution in [2.45, 2.75) is 20.4 Å². The van der Waals surface area contributed by atoms with Crippen LogP contribution in [-0.2, 0) is 13.6 Å². The average molecular weight is 324 g/mol. The van der Waals surface area contributed by atoms with Gasteiger partial charge in [-0.05, 0) is 19.4 Å². The third-order valence-corrected chi connectivity index (χ3v) is 4.38. The second-order valence-corrected chi connectivity index (χ2v) is 5.86. The molecule has 0 fully saturated rings. The zero-order valence-electron chi connectivity index (χ0n) is 13.6. The van der Waals surface area contributed by atoms with Crippen molar-refractivity contribution in [3.63, 3.8) is 0 Å². The molecule has 0 bridgehead atoms. The Morgan fingerprint density at radius 1 is 1.12 bits per heavy atom. The molecule has 0 saturated heterocycles. The molecule has 3 heterocycles. The zero-order chi connectivity index (χ0) is 17.0. The number of benzene rings is 1. The van der Waals surface area contributed by atoms with Gasteiger partial charge >= 0.3 is 11.5 Å². The molecule has 0 atom stereocenters. The minimum Gasteiger partial charge on any atom is -0.428 e. The van der Waals surface area contributed by atoms with E-state index in [1.165, 1.54) is 9.13 Å². The number of fused-ring (bicyclic) bond motifs is 3. The molecule has 0 aliphatic carbocycles. The van der Waals surface area contributed by atoms with Crippen molar-refractivity contribution >= 4 is 17.0 Å². The Balaban J connectivity index is 2.09. The lowest BCUT2D eigenvalue weighted by Gasteiger charge is -2.08. The molecule has 4 aromatic rings. The van der Waals surface area contributed by atoms with E-state index in [-0.39, 0.29) is 12.1 Å². The van der Waals surface area contributed by atoms with Crippen LogP contribution < -0.4 is 11.2 Å². The van der Waals surface area contributed by atoms with Crippen molar-refractivity contribution in [3.8, 4) is 0 Å². The van der Waals surface area contributed by atoms with E-state index >= 15 is 0 Å². The molecule has 0 N–H and O–H groups in total. The van der Waals surface area contributed by atoms with Crippen LogP contribution in [0.15, 0.2) is 44.3 Å². The Kier molecular flexibility index (Phi) is 2.99. The molecule has 3 aromatic heterocycles. The second kappa shape index (κ2) is 4.95. The molecule has 0 radical (unpaired) electrons. The van der Waals surface area contributed by atoms with E-state index in [1.807, 2.05) is 44.2 Å². The predicted molar refractivity (Wildman–Crippen MR) is 89.5 cm³/mol. The largest absolute Gasteiger partial charge is 0.428 e. The summed E-state index contributed by atoms with van der Waals surface area (Å²) in [5.41, 5.74) is 1.61. The van der Waals surface area contributed by atoms with E-state index in [0.29, 0.717) is 22.8 Å². The summed E-state index contributed by atoms with van der Waals surface area (Å²) in [4.78, 5) is 29.9. The number of nitrogens with zero attached hydrogens (tertiary/aromatic N) is 4. The quantitative estimate of drug-likeness (QED) is 0.561. The summed E-state index contributed by atoms with van der Waals surface area (Å²) in [6, 6.07) is 9.42. The van der Waals surface area contributed by atoms with Gasteiger partial charge in [0.2, 0.25) is 0 Å². The van der Waals surface area contributed by atoms with Gasteiger partial charge in [0.15, 0.2) is 11.2 Å². The molecule has 0 aliphatic rings. The van der Waals surface area contributed by atoms with Gasteiger partial charge in [-0.25, -0.2) is 4.79 Å². The highest BCUT2D eigenvalue weighted by atomic mass is 16.4. The van der Waals surface area contributed by atoms with Gasteiger partial charge in [-0.15, -0.1) is 0 Å². The number of rotatable bonds is 2. The number of hydrogen-bond donors (Lipinski definition) is 0. The molecule has 4 rings (SSSR count). The summed E-state index contributed by atoms with van der Waals surface area (Å²) in [5.74, 6) is 1.02. The Morgan fingerprint density at radius 2 is 1.83 bits per heavy atom. The minimum atomic E-state index is -0.397. The maximum absolute atomic E-state index is 13.0. The van der Waals surface area contributed by atoms with Crippen molar-refractivity contribution < 1.29 is 4.42 Å². The highest BCUT2D eigenvalue weighted by Gasteiger charge is 2.21. The van der Waals surface area contributed by atoms with Crippen LogP contribution in [0.25, 0.3) is 17.0 Å². The SMILES string of the molecule is Cc1oc2nc3c(c(=O)n(Cc4ccccc4)c(=O)n3C)n2c1C. The van der Waals surface area contributed by atoms with Crippen molar-refractivity contribution in [2.24, 2.45) is 7.05 Å². The Morgan fingerprint density at radius 3 is 2.54 bits per heavy atom. The molecule has 0 aliphatic heterocycles. The molecule has 122 valence electrons. The fourth-order valence-corrected chi connectivity index (χ4v) is 2.95. The number of imidazole rings is 1. The topological polar surface area (TPSA) is 74.4 Å². The smallest absolute Gasteiger partial charge is 0.332 e. The van der Waals surface area contributed by atoms with Crippen molar-refractivity contribution in [2.75, 3.05) is 0 Å². The second-order valence-electron chi connectivity index (χ2n) is 5.86. The zero-order valence-corrected chi connectivity index (χ0v) is 13.6. The first kappa shape index (κ1) is 14.5. The lowest BCUT2D eigenvalue weighted by Crippen LogP contribution is -2.39. The monoisotopic (exact) mass is 324 g/mol. The fourth-order valence-electron chi connectivity index (χ4n) is 2.95. The van der Waals surface area contributed by atoms with Gasteiger partial charge in [0.05, 0.1) is 12.2 Å². The molecular weight excluding hydrogens is 308 g/mol. The first-order chi connectivity index (χ1) is 11.5. The van der Waals surface area contributed by atoms with E-state index in [2.05, 4.69) is 4.98 Å². The van der Waals surface area contributed by atoms with Crippen LogP contribution in [0.3, 0.4) is 0 Å². The van der Waals surface area contributed by atoms with Crippen LogP contribution >= 0.6 is 0 Å². The standard InChI is InChI=1S/C17H16N4O3/c1-10-11(2)24-16-18-14-13(21(10)16)15(22)20(17(23)19(14)3)9-12-7-5-4-6-8-12/h4-8H,9H2,1-3H3. The fraction of sp³-hybridized carbons (Fsp3) is 0.235. The summed E-state index contributed by atoms with van der Waals surface area (Å²) in [7, 11) is 1.61. The van der Waals surface area contributed by atoms with Crippen LogP contribution in [0.1, 0.15) is 17.0 Å². The molecular formula is C17H16N4O3. The van der Waals surface area contributed by atoms with Gasteiger partial charge in [-0.2, -0.15) is 4.98 Å². The van der Waals surface area contributed by atoms with Crippen molar-refractivity contribution in [1.82, 2.24) is 18.5 Å². The maximum atomic E-state index is 13.0. The molecule has 7 heteroatoms. The number of hydrogen-bond acceptors (Lipinski definition) is 4. The first-order valence-corrected chi connectivity index (χ1v) is 7.61. The number of aromatic nitrogens is 4. The Labute approximate surface area is 136 Å². The molecule has 0 saturated carbocycles. The lowest BCUT2D eigenvalue weighted by atomic mass is 10.2. The molecule has 7 nitrogen and oxygen atoms in total. The number of oxazole rings is 1. The van der Waals surface area contributed by atoms with Crippen LogP contribution in [0.5, 0.6) is 0 Å². The van der Waals surface area contributed by atoms with Crippen LogP contribution in [0, 0.1) is 13.8 Å². The number of aryl methyl sites for hydroxylation is 3. The normalized spacial score (nSPS) is 11.6. The van der Waals surface area contributed by atoms with Crippen molar-refractivity contribution in [1.29, 1.82) is 0 Å². The van der Waals surface area contributed by atoms with Crippen molar-refractivity contribution in [3.05, 3.63) is 68.2 Å². The summed E-state index contributed by atoms with van der Waals surface area (Å²) >= 11 is 0. The van der Waals surface area contributed by atoms with Crippen LogP contribution in [0.2, 0.25) is 0 Å². The van der Waals surface area contributed by atoms with E-state index in [1.54, 1.807) is 11.4 Å². The summed E-state index contributed by atoms with van der Waals surface area (Å²) in [6.07, 6.45) is 0. The molecule has 24 heavy (non-hydrogen) atoms. The van der Waals surface area contributed by atoms with Gasteiger partial charge in [0.25, 0.3) is 5.56 Å². The molecule has 1 aromatic carbocycles. The summed E-state index contributed by atoms with van der Waals surface area (Å²) < 4.78 is 9.87. The highest BCUT2D eigenvalue weighted by molar-refractivity contribution is 5.75. The molecule has 0 spiro atoms. The predicted octanol–water partition coefficient (Wildman–Crippen LogP) is 1.61. The summed E-state index contributed by atoms with van der Waals surface area (Å²) in [5, 5.41) is 0. The van der Waals surface area contributed by atoms with Gasteiger partial charge in [-0.1, -0.05) is 30.3 Å². The minimum absolute atomic E-state index is 0.214. The highest BCUT2D eigenvalue weighted by Crippen LogP contribution is 2.19. The van der Waals surface area contributed by atoms with E-state index < -0.39 is 5.69 Å². The average Bonchev–Trinajstić information content (AvgIpc) is 3.08. The third kappa shape index (κ3) is 1.87. The first-order valence-electron chi connectivity index (χ1n) is 7.61. The van der Waals surface area contributed by atoms with Gasteiger partial charge < -0.3 is 4.42 Å².